The molecule has 5 rings (SSSR count). The number of carbonyl (C=O) groups excluding carboxylic acids is 1. The zero-order chi connectivity index (χ0) is 23.9. The number of aromatic nitrogens is 6. The van der Waals surface area contributed by atoms with Gasteiger partial charge in [-0.3, -0.25) is 14.2 Å². The zero-order valence-electron chi connectivity index (χ0n) is 18.9. The van der Waals surface area contributed by atoms with Crippen molar-refractivity contribution in [3.05, 3.63) is 58.6 Å². The van der Waals surface area contributed by atoms with Crippen LogP contribution in [-0.2, 0) is 0 Å². The fourth-order valence-corrected chi connectivity index (χ4v) is 3.48. The number of methoxy groups -OCH3 is 1. The number of anilines is 3. The summed E-state index contributed by atoms with van der Waals surface area (Å²) in [4.78, 5) is 30.5. The van der Waals surface area contributed by atoms with Gasteiger partial charge in [0.2, 0.25) is 5.88 Å². The Hall–Kier alpha value is -4.48. The maximum atomic E-state index is 13.1. The van der Waals surface area contributed by atoms with Gasteiger partial charge >= 0.3 is 0 Å². The summed E-state index contributed by atoms with van der Waals surface area (Å²) in [5, 5.41) is 21.4. The highest BCUT2D eigenvalue weighted by Gasteiger charge is 2.39. The number of rotatable bonds is 7. The normalized spacial score (nSPS) is 14.0. The summed E-state index contributed by atoms with van der Waals surface area (Å²) in [5.74, 6) is 1.43. The molecule has 3 N–H and O–H groups in total. The molecular formula is C22H23N9O3. The molecule has 1 aliphatic rings. The summed E-state index contributed by atoms with van der Waals surface area (Å²) in [6, 6.07) is 8.31. The maximum Gasteiger partial charge on any atom is 0.280 e. The third kappa shape index (κ3) is 3.89. The lowest BCUT2D eigenvalue weighted by Crippen LogP contribution is -2.34. The van der Waals surface area contributed by atoms with Crippen LogP contribution in [0.25, 0.3) is 11.5 Å². The van der Waals surface area contributed by atoms with Crippen LogP contribution in [0.2, 0.25) is 0 Å². The van der Waals surface area contributed by atoms with Crippen molar-refractivity contribution >= 4 is 28.9 Å². The quantitative estimate of drug-likeness (QED) is 0.375. The summed E-state index contributed by atoms with van der Waals surface area (Å²) in [5.41, 5.74) is 0.477. The van der Waals surface area contributed by atoms with Crippen LogP contribution in [0.4, 0.5) is 17.3 Å². The van der Waals surface area contributed by atoms with Gasteiger partial charge in [0.25, 0.3) is 11.5 Å². The molecule has 12 heteroatoms. The molecule has 1 aliphatic carbocycles. The second-order valence-corrected chi connectivity index (χ2v) is 8.24. The van der Waals surface area contributed by atoms with Crippen LogP contribution in [0.1, 0.15) is 30.1 Å². The Labute approximate surface area is 194 Å². The monoisotopic (exact) mass is 461 g/mol. The van der Waals surface area contributed by atoms with Crippen molar-refractivity contribution in [3.8, 4) is 11.7 Å². The molecular weight excluding hydrogens is 438 g/mol. The summed E-state index contributed by atoms with van der Waals surface area (Å²) in [6.45, 7) is 2.00. The van der Waals surface area contributed by atoms with Crippen LogP contribution in [0.15, 0.2) is 47.5 Å². The lowest BCUT2D eigenvalue weighted by Gasteiger charge is -2.12. The maximum absolute atomic E-state index is 13.1. The second-order valence-electron chi connectivity index (χ2n) is 8.24. The highest BCUT2D eigenvalue weighted by molar-refractivity contribution is 6.00. The van der Waals surface area contributed by atoms with Crippen LogP contribution in [0.5, 0.6) is 5.88 Å². The molecule has 0 unspecified atom stereocenters. The van der Waals surface area contributed by atoms with E-state index in [0.29, 0.717) is 34.5 Å². The van der Waals surface area contributed by atoms with Crippen molar-refractivity contribution in [2.24, 2.45) is 0 Å². The number of pyridine rings is 1. The summed E-state index contributed by atoms with van der Waals surface area (Å²) >= 11 is 0. The standard InChI is InChI=1S/C22H23N9O3/c1-22(8-9-22)27-20(32)13-12-24-31-17(23-2)11-15(26-19(13)31)25-14-5-4-10-30(21(14)33)16-6-7-18(34-3)29-28-16/h4-7,10-12,23H,8-9H2,1-3H3,(H,25,26)(H,27,32). The first kappa shape index (κ1) is 21.4. The lowest BCUT2D eigenvalue weighted by molar-refractivity contribution is 0.0937. The van der Waals surface area contributed by atoms with Gasteiger partial charge in [0.05, 0.1) is 13.3 Å². The Morgan fingerprint density at radius 3 is 2.71 bits per heavy atom. The third-order valence-corrected chi connectivity index (χ3v) is 5.68. The van der Waals surface area contributed by atoms with Gasteiger partial charge in [-0.05, 0) is 38.0 Å². The van der Waals surface area contributed by atoms with E-state index in [1.54, 1.807) is 48.1 Å². The summed E-state index contributed by atoms with van der Waals surface area (Å²) in [6.07, 6.45) is 4.97. The van der Waals surface area contributed by atoms with Gasteiger partial charge in [-0.1, -0.05) is 0 Å². The highest BCUT2D eigenvalue weighted by atomic mass is 16.5. The van der Waals surface area contributed by atoms with Crippen LogP contribution in [-0.4, -0.2) is 55.0 Å². The van der Waals surface area contributed by atoms with Crippen LogP contribution in [0, 0.1) is 0 Å². The summed E-state index contributed by atoms with van der Waals surface area (Å²) in [7, 11) is 3.23. The zero-order valence-corrected chi connectivity index (χ0v) is 18.9. The average Bonchev–Trinajstić information content (AvgIpc) is 3.40. The Morgan fingerprint density at radius 2 is 2.03 bits per heavy atom. The fourth-order valence-electron chi connectivity index (χ4n) is 3.48. The molecule has 4 aromatic heterocycles. The Balaban J connectivity index is 1.50. The molecule has 0 spiro atoms. The van der Waals surface area contributed by atoms with Gasteiger partial charge in [0.1, 0.15) is 22.9 Å². The van der Waals surface area contributed by atoms with Crippen molar-refractivity contribution in [2.75, 3.05) is 24.8 Å². The number of nitrogens with one attached hydrogen (secondary N) is 3. The van der Waals surface area contributed by atoms with Gasteiger partial charge < -0.3 is 20.7 Å². The van der Waals surface area contributed by atoms with Gasteiger partial charge in [-0.15, -0.1) is 10.2 Å². The Kier molecular flexibility index (Phi) is 5.11. The molecule has 0 aromatic carbocycles. The van der Waals surface area contributed by atoms with E-state index in [2.05, 4.69) is 36.2 Å². The van der Waals surface area contributed by atoms with Crippen LogP contribution in [0.3, 0.4) is 0 Å². The highest BCUT2D eigenvalue weighted by Crippen LogP contribution is 2.34. The first-order valence-electron chi connectivity index (χ1n) is 10.7. The first-order chi connectivity index (χ1) is 16.4. The molecule has 174 valence electrons. The summed E-state index contributed by atoms with van der Waals surface area (Å²) < 4.78 is 7.93. The predicted molar refractivity (Wildman–Crippen MR) is 125 cm³/mol. The SMILES string of the molecule is CNc1cc(Nc2cccn(-c3ccc(OC)nn3)c2=O)nc2c(C(=O)NC3(C)CC3)cnn12. The minimum atomic E-state index is -0.345. The molecule has 4 heterocycles. The molecule has 0 bridgehead atoms. The number of carbonyl (C=O) groups is 1. The molecule has 0 atom stereocenters. The van der Waals surface area contributed by atoms with E-state index in [1.165, 1.54) is 17.9 Å². The Bertz CT molecular complexity index is 1440. The average molecular weight is 461 g/mol. The minimum absolute atomic E-state index is 0.174. The van der Waals surface area contributed by atoms with E-state index >= 15 is 0 Å². The molecule has 34 heavy (non-hydrogen) atoms. The number of hydrogen-bond donors (Lipinski definition) is 3. The van der Waals surface area contributed by atoms with Gasteiger partial charge in [-0.2, -0.15) is 9.61 Å². The molecule has 1 fully saturated rings. The number of fused-ring (bicyclic) bond motifs is 1. The van der Waals surface area contributed by atoms with Crippen molar-refractivity contribution in [1.82, 2.24) is 34.7 Å². The van der Waals surface area contributed by atoms with E-state index in [4.69, 9.17) is 4.74 Å². The molecule has 0 saturated heterocycles. The molecule has 1 amide bonds. The molecule has 1 saturated carbocycles. The second kappa shape index (κ2) is 8.14. The number of hydrogen-bond acceptors (Lipinski definition) is 9. The fraction of sp³-hybridized carbons (Fsp3) is 0.273. The van der Waals surface area contributed by atoms with Crippen molar-refractivity contribution in [3.63, 3.8) is 0 Å². The van der Waals surface area contributed by atoms with Gasteiger partial charge in [0, 0.05) is 30.9 Å². The Morgan fingerprint density at radius 1 is 1.21 bits per heavy atom. The molecule has 0 radical (unpaired) electrons. The minimum Gasteiger partial charge on any atom is -0.480 e. The van der Waals surface area contributed by atoms with E-state index in [0.717, 1.165) is 12.8 Å². The van der Waals surface area contributed by atoms with Crippen LogP contribution < -0.4 is 26.2 Å². The van der Waals surface area contributed by atoms with Crippen molar-refractivity contribution < 1.29 is 9.53 Å². The molecule has 4 aromatic rings. The number of nitrogens with zero attached hydrogens (tertiary/aromatic N) is 6. The van der Waals surface area contributed by atoms with Crippen molar-refractivity contribution in [2.45, 2.75) is 25.3 Å². The van der Waals surface area contributed by atoms with E-state index < -0.39 is 0 Å². The topological polar surface area (TPSA) is 140 Å². The predicted octanol–water partition coefficient (Wildman–Crippen LogP) is 1.75. The van der Waals surface area contributed by atoms with E-state index in [-0.39, 0.29) is 22.7 Å². The first-order valence-corrected chi connectivity index (χ1v) is 10.7. The number of ether oxygens (including phenoxy) is 1. The smallest absolute Gasteiger partial charge is 0.280 e. The molecule has 0 aliphatic heterocycles. The third-order valence-electron chi connectivity index (χ3n) is 5.68. The van der Waals surface area contributed by atoms with Gasteiger partial charge in [0.15, 0.2) is 11.5 Å². The van der Waals surface area contributed by atoms with Crippen LogP contribution >= 0.6 is 0 Å². The largest absolute Gasteiger partial charge is 0.480 e. The van der Waals surface area contributed by atoms with Gasteiger partial charge in [-0.25, -0.2) is 4.98 Å². The van der Waals surface area contributed by atoms with E-state index in [1.807, 2.05) is 6.92 Å². The number of amides is 1. The van der Waals surface area contributed by atoms with E-state index in [9.17, 15) is 9.59 Å². The molecule has 12 nitrogen and oxygen atoms in total. The lowest BCUT2D eigenvalue weighted by atomic mass is 10.2. The van der Waals surface area contributed by atoms with Crippen molar-refractivity contribution in [1.29, 1.82) is 0 Å².